The van der Waals surface area contributed by atoms with Gasteiger partial charge in [0.2, 0.25) is 0 Å². The van der Waals surface area contributed by atoms with E-state index in [4.69, 9.17) is 14.2 Å². The molecule has 0 aromatic carbocycles. The van der Waals surface area contributed by atoms with Crippen LogP contribution < -0.4 is 0 Å². The molecule has 1 unspecified atom stereocenters. The molecule has 10 nitrogen and oxygen atoms in total. The van der Waals surface area contributed by atoms with Crippen molar-refractivity contribution in [2.24, 2.45) is 15.0 Å². The second kappa shape index (κ2) is 6.48. The van der Waals surface area contributed by atoms with Crippen LogP contribution in [0, 0.1) is 0 Å². The highest BCUT2D eigenvalue weighted by molar-refractivity contribution is 6.19. The maximum atomic E-state index is 11.7. The Labute approximate surface area is 137 Å². The molecule has 3 aliphatic rings. The molecule has 0 N–H and O–H groups in total. The number of ether oxygens (including phenoxy) is 3. The van der Waals surface area contributed by atoms with Crippen LogP contribution in [-0.4, -0.2) is 72.3 Å². The molecule has 3 rings (SSSR count). The summed E-state index contributed by atoms with van der Waals surface area (Å²) in [5, 5.41) is 0. The van der Waals surface area contributed by atoms with Crippen molar-refractivity contribution >= 4 is 36.4 Å². The van der Waals surface area contributed by atoms with Gasteiger partial charge in [-0.3, -0.25) is 24.3 Å². The van der Waals surface area contributed by atoms with E-state index in [9.17, 15) is 14.4 Å². The first-order valence-electron chi connectivity index (χ1n) is 7.37. The van der Waals surface area contributed by atoms with E-state index in [-0.39, 0.29) is 6.61 Å². The van der Waals surface area contributed by atoms with Crippen molar-refractivity contribution in [3.8, 4) is 0 Å². The van der Waals surface area contributed by atoms with Gasteiger partial charge < -0.3 is 14.2 Å². The van der Waals surface area contributed by atoms with E-state index in [1.165, 1.54) is 26.5 Å². The third-order valence-electron chi connectivity index (χ3n) is 3.72. The standard InChI is InChI=1S/C14H16N4O6/c1-7(19)22-4-10-9(23-8(2)20)3-11(24-10)18-6-17-12-13(18)15-5-16-14(12)21/h5-6,9-12H,3-4H2,1-2H3/t9-,10+,11+,12?/m0/s1. The molecule has 4 atom stereocenters. The van der Waals surface area contributed by atoms with Crippen LogP contribution in [0.25, 0.3) is 0 Å². The predicted molar refractivity (Wildman–Crippen MR) is 80.5 cm³/mol. The van der Waals surface area contributed by atoms with Gasteiger partial charge in [-0.25, -0.2) is 4.99 Å². The quantitative estimate of drug-likeness (QED) is 0.621. The Balaban J connectivity index is 1.72. The van der Waals surface area contributed by atoms with Crippen molar-refractivity contribution < 1.29 is 28.6 Å². The molecular formula is C14H16N4O6. The molecule has 0 saturated carbocycles. The minimum absolute atomic E-state index is 0.0367. The maximum absolute atomic E-state index is 11.7. The second-order valence-corrected chi connectivity index (χ2v) is 5.46. The molecule has 0 aromatic rings. The smallest absolute Gasteiger partial charge is 0.303 e. The lowest BCUT2D eigenvalue weighted by molar-refractivity contribution is -0.155. The number of hydrogen-bond acceptors (Lipinski definition) is 9. The largest absolute Gasteiger partial charge is 0.463 e. The fourth-order valence-corrected chi connectivity index (χ4v) is 2.71. The molecular weight excluding hydrogens is 320 g/mol. The zero-order chi connectivity index (χ0) is 17.3. The molecule has 3 aliphatic heterocycles. The summed E-state index contributed by atoms with van der Waals surface area (Å²) in [5.74, 6) is -0.897. The molecule has 0 aromatic heterocycles. The Morgan fingerprint density at radius 1 is 1.38 bits per heavy atom. The van der Waals surface area contributed by atoms with Crippen molar-refractivity contribution in [3.63, 3.8) is 0 Å². The molecule has 1 amide bonds. The van der Waals surface area contributed by atoms with E-state index in [1.54, 1.807) is 4.90 Å². The topological polar surface area (TPSA) is 119 Å². The number of hydrogen-bond donors (Lipinski definition) is 0. The number of aliphatic imine (C=N–C) groups is 3. The Morgan fingerprint density at radius 2 is 2.17 bits per heavy atom. The highest BCUT2D eigenvalue weighted by Gasteiger charge is 2.45. The number of nitrogens with zero attached hydrogens (tertiary/aromatic N) is 4. The van der Waals surface area contributed by atoms with Gasteiger partial charge in [0.15, 0.2) is 6.04 Å². The third kappa shape index (κ3) is 3.18. The molecule has 10 heteroatoms. The summed E-state index contributed by atoms with van der Waals surface area (Å²) in [4.78, 5) is 47.3. The fraction of sp³-hybridized carbons (Fsp3) is 0.571. The number of amides is 1. The lowest BCUT2D eigenvalue weighted by Crippen LogP contribution is -2.43. The normalized spacial score (nSPS) is 31.0. The van der Waals surface area contributed by atoms with Gasteiger partial charge in [-0.15, -0.1) is 0 Å². The molecule has 3 heterocycles. The van der Waals surface area contributed by atoms with Crippen LogP contribution in [0.2, 0.25) is 0 Å². The Kier molecular flexibility index (Phi) is 4.38. The summed E-state index contributed by atoms with van der Waals surface area (Å²) < 4.78 is 16.0. The fourth-order valence-electron chi connectivity index (χ4n) is 2.71. The van der Waals surface area contributed by atoms with Crippen LogP contribution in [0.15, 0.2) is 15.0 Å². The number of esters is 2. The van der Waals surface area contributed by atoms with Gasteiger partial charge in [0.25, 0.3) is 5.91 Å². The summed E-state index contributed by atoms with van der Waals surface area (Å²) in [6, 6.07) is -0.765. The van der Waals surface area contributed by atoms with Crippen molar-refractivity contribution in [1.29, 1.82) is 0 Å². The Bertz CT molecular complexity index is 658. The monoisotopic (exact) mass is 336 g/mol. The zero-order valence-electron chi connectivity index (χ0n) is 13.1. The molecule has 0 radical (unpaired) electrons. The third-order valence-corrected chi connectivity index (χ3v) is 3.72. The first-order chi connectivity index (χ1) is 11.5. The molecule has 0 bridgehead atoms. The van der Waals surface area contributed by atoms with Gasteiger partial charge in [0.1, 0.15) is 37.2 Å². The minimum Gasteiger partial charge on any atom is -0.463 e. The molecule has 0 aliphatic carbocycles. The van der Waals surface area contributed by atoms with E-state index in [1.807, 2.05) is 0 Å². The molecule has 128 valence electrons. The Hall–Kier alpha value is -2.62. The van der Waals surface area contributed by atoms with E-state index >= 15 is 0 Å². The lowest BCUT2D eigenvalue weighted by Gasteiger charge is -2.24. The van der Waals surface area contributed by atoms with Crippen LogP contribution in [0.1, 0.15) is 20.3 Å². The van der Waals surface area contributed by atoms with E-state index in [0.29, 0.717) is 12.3 Å². The van der Waals surface area contributed by atoms with Crippen LogP contribution in [0.4, 0.5) is 0 Å². The summed E-state index contributed by atoms with van der Waals surface area (Å²) in [6.07, 6.45) is 1.23. The molecule has 1 fully saturated rings. The summed E-state index contributed by atoms with van der Waals surface area (Å²) >= 11 is 0. The number of fused-ring (bicyclic) bond motifs is 1. The first-order valence-corrected chi connectivity index (χ1v) is 7.37. The molecule has 1 saturated heterocycles. The first kappa shape index (κ1) is 16.2. The highest BCUT2D eigenvalue weighted by Crippen LogP contribution is 2.29. The van der Waals surface area contributed by atoms with Crippen molar-refractivity contribution in [3.05, 3.63) is 0 Å². The second-order valence-electron chi connectivity index (χ2n) is 5.46. The van der Waals surface area contributed by atoms with E-state index in [2.05, 4.69) is 15.0 Å². The SMILES string of the molecule is CC(=O)OC[C@H]1O[C@@H](N2C=NC3C(=O)N=CN=C32)C[C@@H]1OC(C)=O. The van der Waals surface area contributed by atoms with Gasteiger partial charge in [-0.1, -0.05) is 0 Å². The average molecular weight is 336 g/mol. The van der Waals surface area contributed by atoms with Crippen molar-refractivity contribution in [2.75, 3.05) is 6.61 Å². The van der Waals surface area contributed by atoms with E-state index in [0.717, 1.165) is 0 Å². The van der Waals surface area contributed by atoms with Crippen LogP contribution in [0.3, 0.4) is 0 Å². The van der Waals surface area contributed by atoms with Crippen LogP contribution in [-0.2, 0) is 28.6 Å². The summed E-state index contributed by atoms with van der Waals surface area (Å²) in [6.45, 7) is 2.54. The minimum atomic E-state index is -0.765. The van der Waals surface area contributed by atoms with E-state index < -0.39 is 42.3 Å². The van der Waals surface area contributed by atoms with Gasteiger partial charge in [-0.05, 0) is 0 Å². The van der Waals surface area contributed by atoms with Crippen molar-refractivity contribution in [1.82, 2.24) is 4.90 Å². The van der Waals surface area contributed by atoms with Crippen LogP contribution >= 0.6 is 0 Å². The number of carbonyl (C=O) groups excluding carboxylic acids is 3. The van der Waals surface area contributed by atoms with Gasteiger partial charge in [0.05, 0.1) is 6.34 Å². The predicted octanol–water partition coefficient (Wildman–Crippen LogP) is -0.724. The molecule has 0 spiro atoms. The highest BCUT2D eigenvalue weighted by atomic mass is 16.6. The zero-order valence-corrected chi connectivity index (χ0v) is 13.1. The van der Waals surface area contributed by atoms with Gasteiger partial charge in [0, 0.05) is 20.3 Å². The van der Waals surface area contributed by atoms with Crippen molar-refractivity contribution in [2.45, 2.75) is 44.7 Å². The Morgan fingerprint density at radius 3 is 2.88 bits per heavy atom. The summed E-state index contributed by atoms with van der Waals surface area (Å²) in [5.41, 5.74) is 0. The van der Waals surface area contributed by atoms with Gasteiger partial charge in [-0.2, -0.15) is 4.99 Å². The van der Waals surface area contributed by atoms with Gasteiger partial charge >= 0.3 is 11.9 Å². The number of carbonyl (C=O) groups is 3. The summed E-state index contributed by atoms with van der Waals surface area (Å²) in [7, 11) is 0. The molecule has 24 heavy (non-hydrogen) atoms. The lowest BCUT2D eigenvalue weighted by atomic mass is 10.1. The number of amidine groups is 1. The average Bonchev–Trinajstić information content (AvgIpc) is 3.09. The van der Waals surface area contributed by atoms with Crippen LogP contribution in [0.5, 0.6) is 0 Å². The number of rotatable bonds is 4. The maximum Gasteiger partial charge on any atom is 0.303 e.